The minimum atomic E-state index is -0.377. The lowest BCUT2D eigenvalue weighted by molar-refractivity contribution is -0.195. The van der Waals surface area contributed by atoms with Crippen molar-refractivity contribution in [3.8, 4) is 0 Å². The molecule has 0 saturated carbocycles. The van der Waals surface area contributed by atoms with Crippen LogP contribution in [0.2, 0.25) is 0 Å². The number of ether oxygens (including phenoxy) is 3. The van der Waals surface area contributed by atoms with Crippen molar-refractivity contribution < 1.29 is 14.2 Å². The van der Waals surface area contributed by atoms with Crippen molar-refractivity contribution in [2.24, 2.45) is 0 Å². The largest absolute Gasteiger partial charge is 0.380 e. The Balaban J connectivity index is 2.07. The lowest BCUT2D eigenvalue weighted by Crippen LogP contribution is -2.47. The van der Waals surface area contributed by atoms with Gasteiger partial charge in [-0.3, -0.25) is 0 Å². The summed E-state index contributed by atoms with van der Waals surface area (Å²) in [5.74, 6) is -0.377. The van der Waals surface area contributed by atoms with E-state index in [-0.39, 0.29) is 10.6 Å². The Bertz CT molecular complexity index is 145. The third-order valence-corrected chi connectivity index (χ3v) is 3.07. The van der Waals surface area contributed by atoms with Gasteiger partial charge in [-0.2, -0.15) is 0 Å². The Morgan fingerprint density at radius 3 is 2.55 bits per heavy atom. The fourth-order valence-corrected chi connectivity index (χ4v) is 2.16. The molecule has 2 heterocycles. The standard InChI is InChI=1S/C7H11BrO3/c8-6-5-9-2-1-7(6)10-3-4-11-7/h6H,1-5H2/t6-/m1/s1. The van der Waals surface area contributed by atoms with Crippen LogP contribution in [-0.2, 0) is 14.2 Å². The zero-order valence-electron chi connectivity index (χ0n) is 6.22. The Kier molecular flexibility index (Phi) is 2.19. The van der Waals surface area contributed by atoms with E-state index in [1.807, 2.05) is 0 Å². The zero-order valence-corrected chi connectivity index (χ0v) is 7.80. The van der Waals surface area contributed by atoms with Crippen molar-refractivity contribution in [1.82, 2.24) is 0 Å². The molecule has 0 N–H and O–H groups in total. The van der Waals surface area contributed by atoms with Crippen LogP contribution >= 0.6 is 15.9 Å². The third kappa shape index (κ3) is 1.33. The summed E-state index contributed by atoms with van der Waals surface area (Å²) in [6.07, 6.45) is 0.836. The van der Waals surface area contributed by atoms with Gasteiger partial charge in [0, 0.05) is 6.42 Å². The molecule has 2 saturated heterocycles. The zero-order chi connectivity index (χ0) is 7.73. The molecule has 0 radical (unpaired) electrons. The molecule has 2 fully saturated rings. The second-order valence-corrected chi connectivity index (χ2v) is 3.91. The molecule has 0 unspecified atom stereocenters. The van der Waals surface area contributed by atoms with Gasteiger partial charge in [-0.15, -0.1) is 0 Å². The monoisotopic (exact) mass is 222 g/mol. The predicted molar refractivity (Wildman–Crippen MR) is 42.8 cm³/mol. The van der Waals surface area contributed by atoms with Gasteiger partial charge in [0.15, 0.2) is 5.79 Å². The summed E-state index contributed by atoms with van der Waals surface area (Å²) in [5.41, 5.74) is 0. The van der Waals surface area contributed by atoms with Crippen LogP contribution in [-0.4, -0.2) is 37.0 Å². The van der Waals surface area contributed by atoms with Gasteiger partial charge < -0.3 is 14.2 Å². The summed E-state index contributed by atoms with van der Waals surface area (Å²) in [6, 6.07) is 0. The molecule has 0 amide bonds. The fraction of sp³-hybridized carbons (Fsp3) is 1.00. The Morgan fingerprint density at radius 1 is 1.18 bits per heavy atom. The molecule has 64 valence electrons. The molecule has 3 nitrogen and oxygen atoms in total. The van der Waals surface area contributed by atoms with Crippen LogP contribution in [0.1, 0.15) is 6.42 Å². The highest BCUT2D eigenvalue weighted by molar-refractivity contribution is 9.09. The van der Waals surface area contributed by atoms with Crippen LogP contribution in [0, 0.1) is 0 Å². The van der Waals surface area contributed by atoms with Gasteiger partial charge in [0.1, 0.15) is 0 Å². The van der Waals surface area contributed by atoms with E-state index in [0.29, 0.717) is 19.8 Å². The van der Waals surface area contributed by atoms with Crippen molar-refractivity contribution >= 4 is 15.9 Å². The van der Waals surface area contributed by atoms with E-state index in [1.165, 1.54) is 0 Å². The van der Waals surface area contributed by atoms with Crippen LogP contribution in [0.15, 0.2) is 0 Å². The Labute approximate surface area is 74.1 Å². The molecule has 0 bridgehead atoms. The Morgan fingerprint density at radius 2 is 1.91 bits per heavy atom. The number of alkyl halides is 1. The topological polar surface area (TPSA) is 27.7 Å². The molecular formula is C7H11BrO3. The number of halogens is 1. The molecule has 11 heavy (non-hydrogen) atoms. The second kappa shape index (κ2) is 3.01. The molecule has 2 aliphatic rings. The highest BCUT2D eigenvalue weighted by Gasteiger charge is 2.45. The number of hydrogen-bond donors (Lipinski definition) is 0. The van der Waals surface area contributed by atoms with E-state index in [4.69, 9.17) is 14.2 Å². The van der Waals surface area contributed by atoms with E-state index < -0.39 is 0 Å². The van der Waals surface area contributed by atoms with E-state index in [1.54, 1.807) is 0 Å². The fourth-order valence-electron chi connectivity index (χ4n) is 1.48. The van der Waals surface area contributed by atoms with Gasteiger partial charge in [0.05, 0.1) is 31.3 Å². The summed E-state index contributed by atoms with van der Waals surface area (Å²) in [7, 11) is 0. The van der Waals surface area contributed by atoms with Crippen LogP contribution in [0.5, 0.6) is 0 Å². The second-order valence-electron chi connectivity index (χ2n) is 2.80. The summed E-state index contributed by atoms with van der Waals surface area (Å²) in [6.45, 7) is 2.84. The van der Waals surface area contributed by atoms with Crippen molar-refractivity contribution in [2.45, 2.75) is 17.0 Å². The first-order chi connectivity index (χ1) is 5.33. The number of hydrogen-bond acceptors (Lipinski definition) is 3. The quantitative estimate of drug-likeness (QED) is 0.571. The van der Waals surface area contributed by atoms with Gasteiger partial charge in [-0.05, 0) is 0 Å². The summed E-state index contributed by atoms with van der Waals surface area (Å²) < 4.78 is 16.4. The summed E-state index contributed by atoms with van der Waals surface area (Å²) >= 11 is 3.50. The molecule has 0 aromatic heterocycles. The van der Waals surface area contributed by atoms with Gasteiger partial charge in [0.25, 0.3) is 0 Å². The summed E-state index contributed by atoms with van der Waals surface area (Å²) in [5, 5.41) is 0. The van der Waals surface area contributed by atoms with Crippen molar-refractivity contribution in [2.75, 3.05) is 26.4 Å². The molecule has 2 aliphatic heterocycles. The number of rotatable bonds is 0. The normalized spacial score (nSPS) is 36.3. The lowest BCUT2D eigenvalue weighted by atomic mass is 10.1. The molecule has 0 aromatic carbocycles. The molecule has 2 rings (SSSR count). The lowest BCUT2D eigenvalue weighted by Gasteiger charge is -2.35. The molecule has 4 heteroatoms. The van der Waals surface area contributed by atoms with Crippen LogP contribution in [0.3, 0.4) is 0 Å². The van der Waals surface area contributed by atoms with Gasteiger partial charge >= 0.3 is 0 Å². The average molecular weight is 223 g/mol. The predicted octanol–water partition coefficient (Wildman–Crippen LogP) is 0.913. The molecule has 1 spiro atoms. The molecule has 0 aliphatic carbocycles. The van der Waals surface area contributed by atoms with Crippen molar-refractivity contribution in [1.29, 1.82) is 0 Å². The van der Waals surface area contributed by atoms with Crippen LogP contribution in [0.25, 0.3) is 0 Å². The first-order valence-corrected chi connectivity index (χ1v) is 4.75. The van der Waals surface area contributed by atoms with E-state index in [9.17, 15) is 0 Å². The maximum Gasteiger partial charge on any atom is 0.185 e. The maximum absolute atomic E-state index is 5.54. The van der Waals surface area contributed by atoms with E-state index in [0.717, 1.165) is 13.0 Å². The minimum absolute atomic E-state index is 0.186. The maximum atomic E-state index is 5.54. The van der Waals surface area contributed by atoms with E-state index >= 15 is 0 Å². The van der Waals surface area contributed by atoms with Crippen molar-refractivity contribution in [3.05, 3.63) is 0 Å². The van der Waals surface area contributed by atoms with Gasteiger partial charge in [0.2, 0.25) is 0 Å². The minimum Gasteiger partial charge on any atom is -0.380 e. The first-order valence-electron chi connectivity index (χ1n) is 3.83. The van der Waals surface area contributed by atoms with Crippen LogP contribution in [0.4, 0.5) is 0 Å². The first kappa shape index (κ1) is 7.98. The Hall–Kier alpha value is 0.360. The van der Waals surface area contributed by atoms with Gasteiger partial charge in [-0.25, -0.2) is 0 Å². The SMILES string of the molecule is Br[C@@H]1COCCC12OCCO2. The average Bonchev–Trinajstić information content (AvgIpc) is 2.46. The van der Waals surface area contributed by atoms with Crippen molar-refractivity contribution in [3.63, 3.8) is 0 Å². The molecular weight excluding hydrogens is 212 g/mol. The third-order valence-electron chi connectivity index (χ3n) is 2.11. The van der Waals surface area contributed by atoms with Crippen LogP contribution < -0.4 is 0 Å². The smallest absolute Gasteiger partial charge is 0.185 e. The summed E-state index contributed by atoms with van der Waals surface area (Å²) in [4.78, 5) is 0.186. The molecule has 0 aromatic rings. The highest BCUT2D eigenvalue weighted by atomic mass is 79.9. The van der Waals surface area contributed by atoms with Gasteiger partial charge in [-0.1, -0.05) is 15.9 Å². The van der Waals surface area contributed by atoms with E-state index in [2.05, 4.69) is 15.9 Å². The molecule has 1 atom stereocenters. The highest BCUT2D eigenvalue weighted by Crippen LogP contribution is 2.34.